The van der Waals surface area contributed by atoms with E-state index in [4.69, 9.17) is 28.3 Å². The molecule has 2 amide bonds. The molecule has 1 saturated heterocycles. The molecule has 250 valence electrons. The summed E-state index contributed by atoms with van der Waals surface area (Å²) in [6, 6.07) is 12.6. The van der Waals surface area contributed by atoms with Crippen molar-refractivity contribution in [2.75, 3.05) is 30.3 Å². The minimum Gasteiger partial charge on any atom is -0.480 e. The Morgan fingerprint density at radius 3 is 2.27 bits per heavy atom. The number of fused-ring (bicyclic) bond motifs is 1. The van der Waals surface area contributed by atoms with Gasteiger partial charge < -0.3 is 20.8 Å². The van der Waals surface area contributed by atoms with Gasteiger partial charge in [-0.15, -0.1) is 0 Å². The number of amides is 2. The van der Waals surface area contributed by atoms with Gasteiger partial charge in [0, 0.05) is 49.5 Å². The number of β-amino-alcohol motifs (C(OH)–C–C–N with tert-alkyl or cyclic N) is 1. The summed E-state index contributed by atoms with van der Waals surface area (Å²) in [5.41, 5.74) is 2.50. The number of aliphatic carboxylic acids is 1. The molecule has 0 spiro atoms. The molecular formula is C33H32Cl2FN7O5. The molecule has 4 aromatic rings. The molecule has 15 heteroatoms. The number of carboxylic acids is 1. The maximum atomic E-state index is 15.0. The molecule has 2 aliphatic heterocycles. The van der Waals surface area contributed by atoms with Crippen LogP contribution in [-0.4, -0.2) is 73.4 Å². The Morgan fingerprint density at radius 1 is 0.958 bits per heavy atom. The van der Waals surface area contributed by atoms with Gasteiger partial charge in [0.15, 0.2) is 17.2 Å². The topological polar surface area (TPSA) is 162 Å². The highest BCUT2D eigenvalue weighted by atomic mass is 35.5. The molecule has 0 bridgehead atoms. The van der Waals surface area contributed by atoms with Crippen LogP contribution in [0.4, 0.5) is 15.8 Å². The lowest BCUT2D eigenvalue weighted by Crippen LogP contribution is -2.31. The molecule has 0 radical (unpaired) electrons. The normalized spacial score (nSPS) is 17.6. The van der Waals surface area contributed by atoms with Crippen molar-refractivity contribution in [3.63, 3.8) is 0 Å². The number of nitrogens with zero attached hydrogens (tertiary/aromatic N) is 4. The number of hydrogen-bond donors (Lipinski definition) is 5. The van der Waals surface area contributed by atoms with Gasteiger partial charge in [0.2, 0.25) is 0 Å². The van der Waals surface area contributed by atoms with E-state index in [2.05, 4.69) is 26.0 Å². The summed E-state index contributed by atoms with van der Waals surface area (Å²) in [4.78, 5) is 43.4. The van der Waals surface area contributed by atoms with Crippen LogP contribution in [0.3, 0.4) is 0 Å². The van der Waals surface area contributed by atoms with Crippen LogP contribution < -0.4 is 16.0 Å². The average molecular weight is 697 g/mol. The zero-order valence-corrected chi connectivity index (χ0v) is 27.1. The van der Waals surface area contributed by atoms with Crippen LogP contribution >= 0.6 is 23.2 Å². The fraction of sp³-hybridized carbons (Fsp3) is 0.303. The predicted molar refractivity (Wildman–Crippen MR) is 178 cm³/mol. The van der Waals surface area contributed by atoms with Gasteiger partial charge in [-0.3, -0.25) is 29.3 Å². The number of rotatable bonds is 10. The second-order valence-electron chi connectivity index (χ2n) is 11.7. The molecule has 2 aliphatic rings. The van der Waals surface area contributed by atoms with Crippen molar-refractivity contribution in [1.82, 2.24) is 25.0 Å². The summed E-state index contributed by atoms with van der Waals surface area (Å²) < 4.78 is 16.7. The van der Waals surface area contributed by atoms with Crippen LogP contribution in [-0.2, 0) is 17.9 Å². The molecule has 2 aromatic carbocycles. The molecule has 4 heterocycles. The second kappa shape index (κ2) is 14.4. The number of pyridine rings is 1. The van der Waals surface area contributed by atoms with Crippen molar-refractivity contribution in [1.29, 1.82) is 0 Å². The number of benzene rings is 2. The standard InChI is InChI=1S/C33H32Cl2FN7O5/c34-29-20(4-1-6-24(29)39-32(47)26-13-27-23(37-15-28(45)46)8-3-10-43(27)41-26)21-5-2-7-25(30(21)35)40-33(48)31-22(36)12-18(14-38-31)16-42-11-9-19(44)17-42/h1-2,4-7,12-14,19,23,37,44H,3,8-11,15-17H2,(H,39,47)(H,40,48)(H,45,46)/t19-,23?/m1/s1. The van der Waals surface area contributed by atoms with E-state index in [-0.39, 0.29) is 34.0 Å². The number of aliphatic hydroxyl groups excluding tert-OH is 1. The Kier molecular flexibility index (Phi) is 10.0. The predicted octanol–water partition coefficient (Wildman–Crippen LogP) is 4.97. The monoisotopic (exact) mass is 695 g/mol. The number of carbonyl (C=O) groups is 3. The zero-order chi connectivity index (χ0) is 33.9. The van der Waals surface area contributed by atoms with E-state index in [0.717, 1.165) is 18.5 Å². The van der Waals surface area contributed by atoms with Crippen LogP contribution in [0.5, 0.6) is 0 Å². The molecular weight excluding hydrogens is 664 g/mol. The maximum Gasteiger partial charge on any atom is 0.317 e. The van der Waals surface area contributed by atoms with Gasteiger partial charge >= 0.3 is 5.97 Å². The molecule has 6 rings (SSSR count). The molecule has 1 fully saturated rings. The summed E-state index contributed by atoms with van der Waals surface area (Å²) >= 11 is 13.5. The number of aryl methyl sites for hydroxylation is 1. The molecule has 2 atom stereocenters. The molecule has 1 unspecified atom stereocenters. The van der Waals surface area contributed by atoms with Gasteiger partial charge in [0.1, 0.15) is 0 Å². The Morgan fingerprint density at radius 2 is 1.65 bits per heavy atom. The lowest BCUT2D eigenvalue weighted by Gasteiger charge is -2.23. The van der Waals surface area contributed by atoms with Crippen molar-refractivity contribution >= 4 is 52.4 Å². The van der Waals surface area contributed by atoms with Crippen molar-refractivity contribution in [2.45, 2.75) is 44.5 Å². The van der Waals surface area contributed by atoms with Gasteiger partial charge in [-0.2, -0.15) is 5.10 Å². The summed E-state index contributed by atoms with van der Waals surface area (Å²) in [7, 11) is 0. The first-order chi connectivity index (χ1) is 23.1. The maximum absolute atomic E-state index is 15.0. The van der Waals surface area contributed by atoms with Crippen LogP contribution in [0.1, 0.15) is 57.5 Å². The average Bonchev–Trinajstić information content (AvgIpc) is 3.68. The SMILES string of the molecule is O=C(O)CNC1CCCn2nc(C(=O)Nc3cccc(-c4cccc(NC(=O)c5ncc(CN6CC[C@@H](O)C6)cc5F)c4Cl)c3Cl)cc21. The van der Waals surface area contributed by atoms with E-state index in [1.54, 1.807) is 47.1 Å². The molecule has 0 aliphatic carbocycles. The van der Waals surface area contributed by atoms with E-state index in [1.165, 1.54) is 12.3 Å². The molecule has 48 heavy (non-hydrogen) atoms. The third kappa shape index (κ3) is 7.35. The van der Waals surface area contributed by atoms with Crippen LogP contribution in [0.2, 0.25) is 10.0 Å². The third-order valence-corrected chi connectivity index (χ3v) is 9.13. The van der Waals surface area contributed by atoms with E-state index in [9.17, 15) is 23.9 Å². The fourth-order valence-corrected chi connectivity index (χ4v) is 6.55. The van der Waals surface area contributed by atoms with E-state index in [1.807, 2.05) is 4.90 Å². The van der Waals surface area contributed by atoms with Gasteiger partial charge in [-0.05, 0) is 49.1 Å². The van der Waals surface area contributed by atoms with Crippen LogP contribution in [0.25, 0.3) is 11.1 Å². The van der Waals surface area contributed by atoms with Crippen molar-refractivity contribution in [3.8, 4) is 11.1 Å². The highest BCUT2D eigenvalue weighted by molar-refractivity contribution is 6.40. The van der Waals surface area contributed by atoms with Gasteiger partial charge in [0.25, 0.3) is 11.8 Å². The summed E-state index contributed by atoms with van der Waals surface area (Å²) in [5, 5.41) is 31.9. The largest absolute Gasteiger partial charge is 0.480 e. The lowest BCUT2D eigenvalue weighted by molar-refractivity contribution is -0.136. The number of anilines is 2. The quantitative estimate of drug-likeness (QED) is 0.154. The van der Waals surface area contributed by atoms with Gasteiger partial charge in [0.05, 0.1) is 39.8 Å². The molecule has 5 N–H and O–H groups in total. The highest BCUT2D eigenvalue weighted by Gasteiger charge is 2.26. The third-order valence-electron chi connectivity index (χ3n) is 8.31. The van der Waals surface area contributed by atoms with Crippen molar-refractivity contribution in [2.24, 2.45) is 0 Å². The van der Waals surface area contributed by atoms with Crippen molar-refractivity contribution < 1.29 is 29.0 Å². The summed E-state index contributed by atoms with van der Waals surface area (Å²) in [6.07, 6.45) is 3.20. The first-order valence-corrected chi connectivity index (χ1v) is 16.1. The fourth-order valence-electron chi connectivity index (χ4n) is 6.00. The first kappa shape index (κ1) is 33.5. The Labute approximate surface area is 284 Å². The smallest absolute Gasteiger partial charge is 0.317 e. The number of aliphatic hydroxyl groups is 1. The summed E-state index contributed by atoms with van der Waals surface area (Å²) in [6.45, 7) is 2.00. The molecule has 2 aromatic heterocycles. The van der Waals surface area contributed by atoms with Crippen LogP contribution in [0, 0.1) is 5.82 Å². The van der Waals surface area contributed by atoms with Gasteiger partial charge in [-0.25, -0.2) is 9.37 Å². The minimum absolute atomic E-state index is 0.141. The summed E-state index contributed by atoms with van der Waals surface area (Å²) in [5.74, 6) is -3.04. The van der Waals surface area contributed by atoms with E-state index < -0.39 is 35.4 Å². The van der Waals surface area contributed by atoms with Crippen LogP contribution in [0.15, 0.2) is 54.7 Å². The second-order valence-corrected chi connectivity index (χ2v) is 12.5. The number of carbonyl (C=O) groups excluding carboxylic acids is 2. The molecule has 12 nitrogen and oxygen atoms in total. The Balaban J connectivity index is 1.17. The van der Waals surface area contributed by atoms with E-state index in [0.29, 0.717) is 55.0 Å². The number of nitrogens with one attached hydrogen (secondary N) is 3. The molecule has 0 saturated carbocycles. The number of likely N-dealkylation sites (tertiary alicyclic amines) is 1. The minimum atomic E-state index is -0.973. The van der Waals surface area contributed by atoms with Crippen molar-refractivity contribution in [3.05, 3.63) is 93.2 Å². The number of aromatic nitrogens is 3. The van der Waals surface area contributed by atoms with E-state index >= 15 is 0 Å². The Hall–Kier alpha value is -4.40. The number of halogens is 3. The number of carboxylic acid groups (broad SMARTS) is 1. The number of hydrogen-bond acceptors (Lipinski definition) is 8. The highest BCUT2D eigenvalue weighted by Crippen LogP contribution is 2.40. The zero-order valence-electron chi connectivity index (χ0n) is 25.5. The van der Waals surface area contributed by atoms with Gasteiger partial charge in [-0.1, -0.05) is 47.5 Å². The first-order valence-electron chi connectivity index (χ1n) is 15.3. The Bertz CT molecular complexity index is 1890. The lowest BCUT2D eigenvalue weighted by atomic mass is 10.0.